The minimum absolute atomic E-state index is 0.0402. The van der Waals surface area contributed by atoms with Gasteiger partial charge >= 0.3 is 6.03 Å². The predicted molar refractivity (Wildman–Crippen MR) is 164 cm³/mol. The van der Waals surface area contributed by atoms with Gasteiger partial charge in [-0.1, -0.05) is 20.8 Å². The molecule has 0 aromatic rings. The summed E-state index contributed by atoms with van der Waals surface area (Å²) >= 11 is 0. The zero-order valence-corrected chi connectivity index (χ0v) is 26.9. The predicted octanol–water partition coefficient (Wildman–Crippen LogP) is 4.97. The molecule has 3 amide bonds. The molecule has 0 aliphatic heterocycles. The Morgan fingerprint density at radius 2 is 1.65 bits per heavy atom. The third-order valence-electron chi connectivity index (χ3n) is 12.4. The maximum atomic E-state index is 13.9. The zero-order chi connectivity index (χ0) is 29.1. The number of amides is 3. The first-order valence-corrected chi connectivity index (χ1v) is 16.7. The number of carbonyl (C=O) groups is 2. The summed E-state index contributed by atoms with van der Waals surface area (Å²) in [6, 6.07) is 0.467. The van der Waals surface area contributed by atoms with E-state index in [0.29, 0.717) is 30.5 Å². The van der Waals surface area contributed by atoms with Crippen molar-refractivity contribution >= 4 is 11.9 Å². The average molecular weight is 560 g/mol. The van der Waals surface area contributed by atoms with Crippen molar-refractivity contribution in [2.24, 2.45) is 46.3 Å². The second kappa shape index (κ2) is 13.4. The quantitative estimate of drug-likeness (QED) is 0.312. The first kappa shape index (κ1) is 31.7. The number of hydrogen-bond acceptors (Lipinski definition) is 5. The highest BCUT2D eigenvalue weighted by Gasteiger charge is 2.61. The number of nitrogens with one attached hydrogen (secondary N) is 3. The van der Waals surface area contributed by atoms with Gasteiger partial charge in [0.05, 0.1) is 0 Å². The Labute approximate surface area is 245 Å². The first-order chi connectivity index (χ1) is 19.1. The van der Waals surface area contributed by atoms with E-state index in [1.54, 1.807) is 0 Å². The Bertz CT molecular complexity index is 866. The van der Waals surface area contributed by atoms with Gasteiger partial charge in [-0.05, 0) is 139 Å². The molecule has 3 N–H and O–H groups in total. The molecule has 7 nitrogen and oxygen atoms in total. The molecule has 0 saturated heterocycles. The van der Waals surface area contributed by atoms with E-state index >= 15 is 0 Å². The smallest absolute Gasteiger partial charge is 0.324 e. The van der Waals surface area contributed by atoms with E-state index in [0.717, 1.165) is 56.1 Å². The van der Waals surface area contributed by atoms with E-state index in [1.807, 2.05) is 28.1 Å². The van der Waals surface area contributed by atoms with Crippen molar-refractivity contribution in [1.82, 2.24) is 25.8 Å². The zero-order valence-electron chi connectivity index (χ0n) is 26.9. The molecule has 4 aliphatic carbocycles. The maximum absolute atomic E-state index is 13.9. The van der Waals surface area contributed by atoms with Gasteiger partial charge < -0.3 is 20.9 Å². The van der Waals surface area contributed by atoms with E-state index in [2.05, 4.69) is 41.6 Å². The molecular weight excluding hydrogens is 498 g/mol. The van der Waals surface area contributed by atoms with Crippen molar-refractivity contribution in [2.75, 3.05) is 53.9 Å². The van der Waals surface area contributed by atoms with Crippen LogP contribution < -0.4 is 16.0 Å². The second-order valence-corrected chi connectivity index (χ2v) is 14.7. The molecule has 9 atom stereocenters. The number of imide groups is 1. The Morgan fingerprint density at radius 1 is 0.925 bits per heavy atom. The van der Waals surface area contributed by atoms with Crippen molar-refractivity contribution < 1.29 is 9.59 Å². The molecule has 7 heteroatoms. The lowest BCUT2D eigenvalue weighted by atomic mass is 9.44. The summed E-state index contributed by atoms with van der Waals surface area (Å²) in [5.41, 5.74) is 0.689. The fourth-order valence-corrected chi connectivity index (χ4v) is 10.2. The molecule has 0 spiro atoms. The van der Waals surface area contributed by atoms with Crippen molar-refractivity contribution in [1.29, 1.82) is 0 Å². The molecule has 6 unspecified atom stereocenters. The summed E-state index contributed by atoms with van der Waals surface area (Å²) in [7, 11) is 6.12. The Hall–Kier alpha value is -1.18. The molecule has 40 heavy (non-hydrogen) atoms. The van der Waals surface area contributed by atoms with E-state index in [-0.39, 0.29) is 23.3 Å². The molecule has 0 aromatic heterocycles. The van der Waals surface area contributed by atoms with E-state index in [1.165, 1.54) is 56.3 Å². The molecule has 4 rings (SSSR count). The fourth-order valence-electron chi connectivity index (χ4n) is 10.2. The normalized spacial score (nSPS) is 37.8. The van der Waals surface area contributed by atoms with Crippen LogP contribution in [0.25, 0.3) is 0 Å². The van der Waals surface area contributed by atoms with Crippen LogP contribution in [-0.2, 0) is 4.79 Å². The van der Waals surface area contributed by atoms with Crippen LogP contribution in [0.2, 0.25) is 0 Å². The van der Waals surface area contributed by atoms with Gasteiger partial charge in [-0.2, -0.15) is 0 Å². The topological polar surface area (TPSA) is 76.7 Å². The van der Waals surface area contributed by atoms with Crippen LogP contribution in [0.3, 0.4) is 0 Å². The monoisotopic (exact) mass is 559 g/mol. The van der Waals surface area contributed by atoms with E-state index in [4.69, 9.17) is 0 Å². The number of fused-ring (bicyclic) bond motifs is 5. The molecule has 0 bridgehead atoms. The van der Waals surface area contributed by atoms with Gasteiger partial charge in [0.15, 0.2) is 0 Å². The van der Waals surface area contributed by atoms with Crippen molar-refractivity contribution in [3.8, 4) is 0 Å². The van der Waals surface area contributed by atoms with Crippen LogP contribution in [0.15, 0.2) is 0 Å². The lowest BCUT2D eigenvalue weighted by Crippen LogP contribution is -2.56. The number of hydrogen-bond donors (Lipinski definition) is 3. The molecule has 230 valence electrons. The highest BCUT2D eigenvalue weighted by atomic mass is 16.2. The summed E-state index contributed by atoms with van der Waals surface area (Å²) in [6.07, 6.45) is 12.6. The van der Waals surface area contributed by atoms with Crippen LogP contribution in [-0.4, -0.2) is 81.6 Å². The maximum Gasteiger partial charge on any atom is 0.324 e. The van der Waals surface area contributed by atoms with E-state index < -0.39 is 0 Å². The summed E-state index contributed by atoms with van der Waals surface area (Å²) in [4.78, 5) is 30.6. The number of urea groups is 1. The summed E-state index contributed by atoms with van der Waals surface area (Å²) in [5, 5.41) is 10.0. The van der Waals surface area contributed by atoms with Crippen LogP contribution in [0, 0.1) is 46.3 Å². The van der Waals surface area contributed by atoms with Gasteiger partial charge in [0.1, 0.15) is 0 Å². The van der Waals surface area contributed by atoms with Gasteiger partial charge in [-0.3, -0.25) is 9.69 Å². The molecule has 0 radical (unpaired) electrons. The van der Waals surface area contributed by atoms with Crippen LogP contribution in [0.4, 0.5) is 4.79 Å². The van der Waals surface area contributed by atoms with Gasteiger partial charge in [0, 0.05) is 38.1 Å². The Balaban J connectivity index is 1.44. The van der Waals surface area contributed by atoms with E-state index in [9.17, 15) is 9.59 Å². The molecule has 4 aliphatic rings. The minimum Gasteiger partial charge on any atom is -0.338 e. The molecule has 0 heterocycles. The third-order valence-corrected chi connectivity index (χ3v) is 12.4. The average Bonchev–Trinajstić information content (AvgIpc) is 3.27. The number of rotatable bonds is 11. The largest absolute Gasteiger partial charge is 0.338 e. The SMILES string of the molecule is CCNC(=O)N(CCCN(C)C)C(=O)C(C)C1CCC2C3CC[C@H]4CC(NCCNC)CC[C@]4(C)C3CC[C@]12C. The fraction of sp³-hybridized carbons (Fsp3) is 0.939. The van der Waals surface area contributed by atoms with Gasteiger partial charge in [0.25, 0.3) is 0 Å². The standard InChI is InChI=1S/C33H61N5O2/c1-8-35-31(40)38(21-9-20-37(6)7)30(39)23(2)27-12-13-28-26-11-10-24-22-25(36-19-18-34-5)14-16-32(24,3)29(26)15-17-33(27,28)4/h23-29,34,36H,8-22H2,1-7H3,(H,35,40)/t23?,24-,25?,26?,27?,28?,29?,32-,33+/m0/s1. The van der Waals surface area contributed by atoms with Crippen LogP contribution >= 0.6 is 0 Å². The number of likely N-dealkylation sites (N-methyl/N-ethyl adjacent to an activating group) is 1. The number of carbonyl (C=O) groups excluding carboxylic acids is 2. The summed E-state index contributed by atoms with van der Waals surface area (Å²) in [5.74, 6) is 3.52. The van der Waals surface area contributed by atoms with Crippen LogP contribution in [0.5, 0.6) is 0 Å². The van der Waals surface area contributed by atoms with Crippen LogP contribution in [0.1, 0.15) is 91.9 Å². The third kappa shape index (κ3) is 6.27. The minimum atomic E-state index is -0.219. The first-order valence-electron chi connectivity index (χ1n) is 16.7. The van der Waals surface area contributed by atoms with Crippen molar-refractivity contribution in [3.63, 3.8) is 0 Å². The Morgan fingerprint density at radius 3 is 2.35 bits per heavy atom. The summed E-state index contributed by atoms with van der Waals surface area (Å²) < 4.78 is 0. The van der Waals surface area contributed by atoms with Gasteiger partial charge in [-0.25, -0.2) is 4.79 Å². The van der Waals surface area contributed by atoms with Crippen molar-refractivity contribution in [3.05, 3.63) is 0 Å². The molecule has 4 saturated carbocycles. The van der Waals surface area contributed by atoms with Crippen molar-refractivity contribution in [2.45, 2.75) is 97.9 Å². The highest BCUT2D eigenvalue weighted by molar-refractivity contribution is 5.95. The molecular formula is C33H61N5O2. The Kier molecular flexibility index (Phi) is 10.6. The second-order valence-electron chi connectivity index (χ2n) is 14.7. The molecule has 4 fully saturated rings. The lowest BCUT2D eigenvalue weighted by Gasteiger charge is -2.61. The summed E-state index contributed by atoms with van der Waals surface area (Å²) in [6.45, 7) is 13.3. The van der Waals surface area contributed by atoms with Gasteiger partial charge in [-0.15, -0.1) is 0 Å². The highest BCUT2D eigenvalue weighted by Crippen LogP contribution is 2.68. The number of nitrogens with zero attached hydrogens (tertiary/aromatic N) is 2. The van der Waals surface area contributed by atoms with Gasteiger partial charge in [0.2, 0.25) is 5.91 Å². The lowest BCUT2D eigenvalue weighted by molar-refractivity contribution is -0.140. The molecule has 0 aromatic carbocycles.